The lowest BCUT2D eigenvalue weighted by Crippen LogP contribution is -2.58. The number of rotatable bonds is 6. The van der Waals surface area contributed by atoms with Crippen molar-refractivity contribution >= 4 is 6.08 Å². The Balaban J connectivity index is 1.33. The van der Waals surface area contributed by atoms with Gasteiger partial charge < -0.3 is 45.2 Å². The third-order valence-corrected chi connectivity index (χ3v) is 6.93. The van der Waals surface area contributed by atoms with Gasteiger partial charge in [-0.2, -0.15) is 0 Å². The summed E-state index contributed by atoms with van der Waals surface area (Å²) in [4.78, 5) is 0. The van der Waals surface area contributed by atoms with Gasteiger partial charge in [0.25, 0.3) is 0 Å². The molecule has 2 saturated heterocycles. The summed E-state index contributed by atoms with van der Waals surface area (Å²) in [7, 11) is 0. The van der Waals surface area contributed by atoms with Crippen LogP contribution in [0.25, 0.3) is 6.08 Å². The van der Waals surface area contributed by atoms with Gasteiger partial charge in [-0.3, -0.25) is 0 Å². The van der Waals surface area contributed by atoms with Gasteiger partial charge in [-0.1, -0.05) is 48.3 Å². The fraction of sp³-hybridized carbons (Fsp3) is 0.448. The third-order valence-electron chi connectivity index (χ3n) is 6.93. The van der Waals surface area contributed by atoms with Crippen LogP contribution in [-0.2, 0) is 9.47 Å². The molecule has 0 bridgehead atoms. The lowest BCUT2D eigenvalue weighted by Gasteiger charge is -2.39. The molecule has 2 aromatic rings. The first kappa shape index (κ1) is 28.4. The van der Waals surface area contributed by atoms with Crippen molar-refractivity contribution in [3.63, 3.8) is 0 Å². The molecule has 5 unspecified atom stereocenters. The summed E-state index contributed by atoms with van der Waals surface area (Å²) in [5.74, 6) is 6.20. The molecule has 38 heavy (non-hydrogen) atoms. The molecular weight excluding hydrogens is 492 g/mol. The zero-order valence-corrected chi connectivity index (χ0v) is 20.7. The molecule has 0 amide bonds. The van der Waals surface area contributed by atoms with Crippen LogP contribution < -0.4 is 0 Å². The van der Waals surface area contributed by atoms with Gasteiger partial charge in [-0.15, -0.1) is 0 Å². The largest absolute Gasteiger partial charge is 0.394 e. The van der Waals surface area contributed by atoms with Gasteiger partial charge in [0, 0.05) is 17.5 Å². The summed E-state index contributed by atoms with van der Waals surface area (Å²) in [6.07, 6.45) is -4.71. The van der Waals surface area contributed by atoms with Crippen molar-refractivity contribution in [2.45, 2.75) is 67.8 Å². The lowest BCUT2D eigenvalue weighted by molar-refractivity contribution is -0.227. The van der Waals surface area contributed by atoms with Gasteiger partial charge in [0.15, 0.2) is 0 Å². The molecular formula is C29H34O9. The maximum Gasteiger partial charge on any atom is 0.111 e. The van der Waals surface area contributed by atoms with Gasteiger partial charge in [-0.25, -0.2) is 0 Å². The summed E-state index contributed by atoms with van der Waals surface area (Å²) in [6, 6.07) is 14.8. The van der Waals surface area contributed by atoms with Crippen molar-refractivity contribution in [3.05, 3.63) is 76.9 Å². The van der Waals surface area contributed by atoms with Crippen LogP contribution in [0.3, 0.4) is 0 Å². The maximum absolute atomic E-state index is 10.3. The number of hydrogen-bond donors (Lipinski definition) is 7. The predicted molar refractivity (Wildman–Crippen MR) is 138 cm³/mol. The van der Waals surface area contributed by atoms with Crippen molar-refractivity contribution in [1.82, 2.24) is 0 Å². The van der Waals surface area contributed by atoms with Crippen molar-refractivity contribution < 1.29 is 45.2 Å². The number of aliphatic hydroxyl groups is 7. The average molecular weight is 527 g/mol. The molecule has 0 spiro atoms. The second-order valence-electron chi connectivity index (χ2n) is 9.65. The van der Waals surface area contributed by atoms with Crippen LogP contribution in [0, 0.1) is 11.8 Å². The summed E-state index contributed by atoms with van der Waals surface area (Å²) in [6.45, 7) is -0.771. The van der Waals surface area contributed by atoms with Crippen molar-refractivity contribution in [3.8, 4) is 11.8 Å². The van der Waals surface area contributed by atoms with E-state index in [-0.39, 0.29) is 13.0 Å². The minimum atomic E-state index is -1.38. The highest BCUT2D eigenvalue weighted by Crippen LogP contribution is 2.32. The molecule has 0 aromatic heterocycles. The molecule has 9 heteroatoms. The fourth-order valence-electron chi connectivity index (χ4n) is 4.65. The minimum absolute atomic E-state index is 0.135. The Morgan fingerprint density at radius 1 is 0.684 bits per heavy atom. The Kier molecular flexibility index (Phi) is 9.68. The number of aliphatic hydroxyl groups excluding tert-OH is 7. The Bertz CT molecular complexity index is 1120. The molecule has 9 nitrogen and oxygen atoms in total. The third kappa shape index (κ3) is 6.68. The Labute approximate surface area is 221 Å². The standard InChI is InChI=1S/C29H34O9/c30-15-24-21(32)14-22(33)29(38-24)20-12-10-19(11-13-20)9-8-18-6-4-17(5-7-18)2-1-3-23-26(34)28(36)27(35)25(16-31)37-23/h1-2,4-7,10-13,21-36H,3,14-16H2/b2-1+/t21?,22-,23+,24+,25?,26?,27+,28?,29?/m0/s1. The Morgan fingerprint density at radius 3 is 1.87 bits per heavy atom. The molecule has 0 aliphatic carbocycles. The average Bonchev–Trinajstić information content (AvgIpc) is 2.93. The van der Waals surface area contributed by atoms with Crippen LogP contribution in [0.15, 0.2) is 54.6 Å². The molecule has 0 saturated carbocycles. The normalized spacial score (nSPS) is 33.6. The highest BCUT2D eigenvalue weighted by molar-refractivity contribution is 5.52. The molecule has 9 atom stereocenters. The predicted octanol–water partition coefficient (Wildman–Crippen LogP) is -0.124. The van der Waals surface area contributed by atoms with E-state index in [0.717, 1.165) is 22.3 Å². The van der Waals surface area contributed by atoms with E-state index in [4.69, 9.17) is 9.47 Å². The van der Waals surface area contributed by atoms with Gasteiger partial charge in [0.05, 0.1) is 31.5 Å². The van der Waals surface area contributed by atoms with Crippen LogP contribution in [0.5, 0.6) is 0 Å². The molecule has 0 radical (unpaired) electrons. The summed E-state index contributed by atoms with van der Waals surface area (Å²) in [5.41, 5.74) is 3.24. The molecule has 2 heterocycles. The van der Waals surface area contributed by atoms with Crippen molar-refractivity contribution in [2.75, 3.05) is 13.2 Å². The molecule has 2 aliphatic rings. The summed E-state index contributed by atoms with van der Waals surface area (Å²) >= 11 is 0. The van der Waals surface area contributed by atoms with E-state index in [1.165, 1.54) is 0 Å². The first-order chi connectivity index (χ1) is 18.3. The summed E-state index contributed by atoms with van der Waals surface area (Å²) < 4.78 is 11.2. The molecule has 4 rings (SSSR count). The van der Waals surface area contributed by atoms with Crippen LogP contribution in [-0.4, -0.2) is 97.8 Å². The van der Waals surface area contributed by atoms with Crippen LogP contribution in [0.4, 0.5) is 0 Å². The highest BCUT2D eigenvalue weighted by Gasteiger charge is 2.42. The van der Waals surface area contributed by atoms with Gasteiger partial charge in [-0.05, 0) is 41.8 Å². The monoisotopic (exact) mass is 526 g/mol. The zero-order valence-electron chi connectivity index (χ0n) is 20.7. The van der Waals surface area contributed by atoms with E-state index in [1.807, 2.05) is 54.6 Å². The zero-order chi connectivity index (χ0) is 27.2. The van der Waals surface area contributed by atoms with Gasteiger partial charge in [0.2, 0.25) is 0 Å². The molecule has 7 N–H and O–H groups in total. The first-order valence-electron chi connectivity index (χ1n) is 12.6. The number of ether oxygens (including phenoxy) is 2. The minimum Gasteiger partial charge on any atom is -0.394 e. The number of hydrogen-bond acceptors (Lipinski definition) is 9. The maximum atomic E-state index is 10.3. The van der Waals surface area contributed by atoms with Crippen LogP contribution in [0.1, 0.15) is 41.2 Å². The SMILES string of the molecule is OCC1O[C@H](C/C=C/c2ccc(C#Cc3ccc(C4O[C@H](CO)C(O)C[C@@H]4O)cc3)cc2)C(O)C(O)[C@@H]1O. The van der Waals surface area contributed by atoms with E-state index in [0.29, 0.717) is 6.42 Å². The van der Waals surface area contributed by atoms with E-state index < -0.39 is 61.5 Å². The van der Waals surface area contributed by atoms with Crippen molar-refractivity contribution in [1.29, 1.82) is 0 Å². The lowest BCUT2D eigenvalue weighted by atomic mass is 9.93. The topological polar surface area (TPSA) is 160 Å². The van der Waals surface area contributed by atoms with Gasteiger partial charge in [0.1, 0.15) is 36.6 Å². The molecule has 2 aromatic carbocycles. The van der Waals surface area contributed by atoms with Crippen LogP contribution in [0.2, 0.25) is 0 Å². The molecule has 2 aliphatic heterocycles. The highest BCUT2D eigenvalue weighted by atomic mass is 16.5. The molecule has 204 valence electrons. The molecule has 2 fully saturated rings. The smallest absolute Gasteiger partial charge is 0.111 e. The van der Waals surface area contributed by atoms with E-state index in [9.17, 15) is 35.7 Å². The van der Waals surface area contributed by atoms with Crippen LogP contribution >= 0.6 is 0 Å². The Hall–Kier alpha value is -2.62. The number of benzene rings is 2. The Morgan fingerprint density at radius 2 is 1.26 bits per heavy atom. The summed E-state index contributed by atoms with van der Waals surface area (Å²) in [5, 5.41) is 68.7. The van der Waals surface area contributed by atoms with Gasteiger partial charge >= 0.3 is 0 Å². The van der Waals surface area contributed by atoms with E-state index in [2.05, 4.69) is 11.8 Å². The second-order valence-corrected chi connectivity index (χ2v) is 9.65. The quantitative estimate of drug-likeness (QED) is 0.255. The van der Waals surface area contributed by atoms with E-state index in [1.54, 1.807) is 6.08 Å². The first-order valence-corrected chi connectivity index (χ1v) is 12.6. The fourth-order valence-corrected chi connectivity index (χ4v) is 4.65. The van der Waals surface area contributed by atoms with E-state index >= 15 is 0 Å². The second kappa shape index (κ2) is 13.0. The van der Waals surface area contributed by atoms with Crippen molar-refractivity contribution in [2.24, 2.45) is 0 Å².